The summed E-state index contributed by atoms with van der Waals surface area (Å²) in [5.41, 5.74) is 5.35. The maximum Gasteiger partial charge on any atom is 0.408 e. The maximum atomic E-state index is 12.0. The van der Waals surface area contributed by atoms with Crippen LogP contribution in [0.2, 0.25) is 0 Å². The first-order chi connectivity index (χ1) is 9.40. The van der Waals surface area contributed by atoms with E-state index >= 15 is 0 Å². The van der Waals surface area contributed by atoms with Gasteiger partial charge in [0.2, 0.25) is 0 Å². The van der Waals surface area contributed by atoms with E-state index in [0.29, 0.717) is 11.0 Å². The van der Waals surface area contributed by atoms with Gasteiger partial charge in [0.05, 0.1) is 0 Å². The highest BCUT2D eigenvalue weighted by atomic mass is 32.2. The van der Waals surface area contributed by atoms with Crippen LogP contribution in [0.15, 0.2) is 22.4 Å². The van der Waals surface area contributed by atoms with E-state index in [0.717, 1.165) is 17.9 Å². The summed E-state index contributed by atoms with van der Waals surface area (Å²) in [5.74, 6) is 1.54. The summed E-state index contributed by atoms with van der Waals surface area (Å²) in [4.78, 5) is 11.3. The Morgan fingerprint density at radius 3 is 2.90 bits per heavy atom. The number of hydrogen-bond donors (Lipinski definition) is 3. The summed E-state index contributed by atoms with van der Waals surface area (Å²) >= 11 is 5.52. The number of aliphatic imine (C=N–C) groups is 1. The first kappa shape index (κ1) is 16.9. The second-order valence-electron chi connectivity index (χ2n) is 3.59. The van der Waals surface area contributed by atoms with Crippen molar-refractivity contribution in [2.75, 3.05) is 23.4 Å². The molecular formula is C10H14F3N5S2. The molecule has 0 fully saturated rings. The zero-order valence-corrected chi connectivity index (χ0v) is 12.1. The molecule has 0 radical (unpaired) electrons. The van der Waals surface area contributed by atoms with Crippen LogP contribution in [0.3, 0.4) is 0 Å². The highest BCUT2D eigenvalue weighted by molar-refractivity contribution is 7.99. The fourth-order valence-corrected chi connectivity index (χ4v) is 2.20. The topological polar surface area (TPSA) is 76.2 Å². The minimum Gasteiger partial charge on any atom is -0.370 e. The number of alkyl halides is 3. The molecule has 1 aromatic rings. The molecule has 0 unspecified atom stereocenters. The third-order valence-electron chi connectivity index (χ3n) is 1.85. The molecule has 1 heterocycles. The van der Waals surface area contributed by atoms with Crippen LogP contribution in [0, 0.1) is 0 Å². The van der Waals surface area contributed by atoms with E-state index < -0.39 is 12.7 Å². The van der Waals surface area contributed by atoms with Crippen molar-refractivity contribution < 1.29 is 13.2 Å². The van der Waals surface area contributed by atoms with Gasteiger partial charge in [-0.15, -0.1) is 0 Å². The molecule has 1 aromatic heterocycles. The number of aromatic nitrogens is 2. The quantitative estimate of drug-likeness (QED) is 0.187. The van der Waals surface area contributed by atoms with Crippen molar-refractivity contribution in [3.63, 3.8) is 0 Å². The lowest BCUT2D eigenvalue weighted by Crippen LogP contribution is -2.26. The van der Waals surface area contributed by atoms with Crippen molar-refractivity contribution in [2.24, 2.45) is 10.7 Å². The Morgan fingerprint density at radius 2 is 2.25 bits per heavy atom. The summed E-state index contributed by atoms with van der Waals surface area (Å²) in [5, 5.41) is 3.01. The van der Waals surface area contributed by atoms with Crippen LogP contribution < -0.4 is 11.1 Å². The number of guanidine groups is 1. The number of nitrogens with zero attached hydrogens (tertiary/aromatic N) is 3. The number of nitrogens with one attached hydrogen (secondary N) is 1. The van der Waals surface area contributed by atoms with E-state index in [9.17, 15) is 13.2 Å². The molecule has 0 atom stereocenters. The number of thiol groups is 1. The van der Waals surface area contributed by atoms with E-state index in [-0.39, 0.29) is 5.96 Å². The standard InChI is InChI=1S/C10H14F3N5S2/c11-10(12,13)6-16-8(14)17-7-2-3-15-9(18-7)20-5-1-4-19/h2-3,19H,1,4-6H2,(H3,14,15,16,17,18). The third-order valence-corrected chi connectivity index (χ3v) is 3.12. The highest BCUT2D eigenvalue weighted by Crippen LogP contribution is 2.16. The third kappa shape index (κ3) is 7.43. The molecule has 0 aromatic carbocycles. The second kappa shape index (κ2) is 8.20. The van der Waals surface area contributed by atoms with Crippen molar-refractivity contribution in [2.45, 2.75) is 17.8 Å². The van der Waals surface area contributed by atoms with Crippen LogP contribution in [0.1, 0.15) is 6.42 Å². The molecule has 20 heavy (non-hydrogen) atoms. The average molecular weight is 325 g/mol. The van der Waals surface area contributed by atoms with Gasteiger partial charge in [0, 0.05) is 11.9 Å². The van der Waals surface area contributed by atoms with Crippen LogP contribution in [-0.2, 0) is 0 Å². The van der Waals surface area contributed by atoms with Crippen molar-refractivity contribution in [1.29, 1.82) is 0 Å². The van der Waals surface area contributed by atoms with Gasteiger partial charge < -0.3 is 11.1 Å². The fourth-order valence-electron chi connectivity index (χ4n) is 1.05. The average Bonchev–Trinajstić information content (AvgIpc) is 2.36. The normalized spacial score (nSPS) is 12.5. The number of thioether (sulfide) groups is 1. The SMILES string of the molecule is NC(=NCC(F)(F)F)Nc1ccnc(SCCCS)n1. The van der Waals surface area contributed by atoms with Crippen LogP contribution in [0.25, 0.3) is 0 Å². The van der Waals surface area contributed by atoms with Gasteiger partial charge in [-0.1, -0.05) is 11.8 Å². The molecule has 0 aliphatic rings. The molecule has 0 spiro atoms. The van der Waals surface area contributed by atoms with Crippen LogP contribution in [-0.4, -0.2) is 40.2 Å². The lowest BCUT2D eigenvalue weighted by molar-refractivity contribution is -0.118. The first-order valence-corrected chi connectivity index (χ1v) is 7.23. The summed E-state index contributed by atoms with van der Waals surface area (Å²) in [6.07, 6.45) is -1.98. The van der Waals surface area contributed by atoms with Gasteiger partial charge in [-0.05, 0) is 18.2 Å². The minimum atomic E-state index is -4.38. The lowest BCUT2D eigenvalue weighted by Gasteiger charge is -2.07. The molecule has 0 amide bonds. The van der Waals surface area contributed by atoms with Crippen molar-refractivity contribution >= 4 is 36.2 Å². The molecule has 1 rings (SSSR count). The summed E-state index contributed by atoms with van der Waals surface area (Å²) < 4.78 is 35.9. The summed E-state index contributed by atoms with van der Waals surface area (Å²) in [6, 6.07) is 1.50. The maximum absolute atomic E-state index is 12.0. The zero-order valence-electron chi connectivity index (χ0n) is 10.4. The second-order valence-corrected chi connectivity index (χ2v) is 5.10. The van der Waals surface area contributed by atoms with E-state index in [1.807, 2.05) is 0 Å². The van der Waals surface area contributed by atoms with Gasteiger partial charge in [0.15, 0.2) is 11.1 Å². The Hall–Kier alpha value is -1.16. The number of halogens is 3. The van der Waals surface area contributed by atoms with Gasteiger partial charge in [-0.2, -0.15) is 25.8 Å². The smallest absolute Gasteiger partial charge is 0.370 e. The molecule has 10 heteroatoms. The largest absolute Gasteiger partial charge is 0.408 e. The Morgan fingerprint density at radius 1 is 1.50 bits per heavy atom. The summed E-state index contributed by atoms with van der Waals surface area (Å²) in [7, 11) is 0. The zero-order chi connectivity index (χ0) is 15.0. The monoisotopic (exact) mass is 325 g/mol. The fraction of sp³-hybridized carbons (Fsp3) is 0.500. The molecular weight excluding hydrogens is 311 g/mol. The van der Waals surface area contributed by atoms with Gasteiger partial charge in [-0.25, -0.2) is 15.0 Å². The van der Waals surface area contributed by atoms with Crippen LogP contribution >= 0.6 is 24.4 Å². The Labute approximate surface area is 124 Å². The number of hydrogen-bond acceptors (Lipinski definition) is 5. The molecule has 0 aliphatic carbocycles. The van der Waals surface area contributed by atoms with Gasteiger partial charge >= 0.3 is 6.18 Å². The predicted molar refractivity (Wildman–Crippen MR) is 77.4 cm³/mol. The van der Waals surface area contributed by atoms with E-state index in [1.165, 1.54) is 24.0 Å². The number of anilines is 1. The molecule has 5 nitrogen and oxygen atoms in total. The van der Waals surface area contributed by atoms with Gasteiger partial charge in [0.1, 0.15) is 12.4 Å². The first-order valence-electron chi connectivity index (χ1n) is 5.61. The van der Waals surface area contributed by atoms with Crippen molar-refractivity contribution in [3.05, 3.63) is 12.3 Å². The number of nitrogens with two attached hydrogens (primary N) is 1. The number of rotatable bonds is 6. The lowest BCUT2D eigenvalue weighted by atomic mass is 10.6. The summed E-state index contributed by atoms with van der Waals surface area (Å²) in [6.45, 7) is -1.33. The van der Waals surface area contributed by atoms with Crippen LogP contribution in [0.4, 0.5) is 19.0 Å². The Balaban J connectivity index is 2.57. The Kier molecular flexibility index (Phi) is 6.93. The van der Waals surface area contributed by atoms with Crippen molar-refractivity contribution in [1.82, 2.24) is 9.97 Å². The highest BCUT2D eigenvalue weighted by Gasteiger charge is 2.26. The molecule has 3 N–H and O–H groups in total. The molecule has 0 saturated carbocycles. The van der Waals surface area contributed by atoms with Gasteiger partial charge in [-0.3, -0.25) is 0 Å². The molecule has 0 aliphatic heterocycles. The van der Waals surface area contributed by atoms with E-state index in [2.05, 4.69) is 32.9 Å². The van der Waals surface area contributed by atoms with Gasteiger partial charge in [0.25, 0.3) is 0 Å². The van der Waals surface area contributed by atoms with E-state index in [4.69, 9.17) is 5.73 Å². The van der Waals surface area contributed by atoms with Crippen LogP contribution in [0.5, 0.6) is 0 Å². The minimum absolute atomic E-state index is 0.303. The Bertz CT molecular complexity index is 453. The van der Waals surface area contributed by atoms with E-state index in [1.54, 1.807) is 0 Å². The molecule has 0 saturated heterocycles. The predicted octanol–water partition coefficient (Wildman–Crippen LogP) is 2.18. The molecule has 112 valence electrons. The van der Waals surface area contributed by atoms with Crippen molar-refractivity contribution in [3.8, 4) is 0 Å². The molecule has 0 bridgehead atoms.